The molecule has 0 aromatic heterocycles. The van der Waals surface area contributed by atoms with Crippen LogP contribution >= 0.6 is 0 Å². The van der Waals surface area contributed by atoms with Gasteiger partial charge in [0, 0.05) is 6.04 Å². The fourth-order valence-corrected chi connectivity index (χ4v) is 0.836. The maximum atomic E-state index is 11.9. The monoisotopic (exact) mass is 223 g/mol. The molecule has 1 aliphatic heterocycles. The summed E-state index contributed by atoms with van der Waals surface area (Å²) < 4.78 is 35.8. The molecule has 1 heterocycles. The van der Waals surface area contributed by atoms with Crippen LogP contribution in [0.4, 0.5) is 13.2 Å². The van der Waals surface area contributed by atoms with Crippen molar-refractivity contribution in [2.24, 2.45) is 0 Å². The molecule has 0 fully saturated rings. The van der Waals surface area contributed by atoms with Gasteiger partial charge in [-0.25, -0.2) is 0 Å². The van der Waals surface area contributed by atoms with Crippen LogP contribution in [-0.2, 0) is 0 Å². The van der Waals surface area contributed by atoms with Crippen LogP contribution in [0.1, 0.15) is 34.6 Å². The Morgan fingerprint density at radius 2 is 1.60 bits per heavy atom. The third-order valence-corrected chi connectivity index (χ3v) is 1.35. The van der Waals surface area contributed by atoms with Crippen molar-refractivity contribution in [1.82, 2.24) is 5.32 Å². The smallest absolute Gasteiger partial charge is 0.375 e. The average Bonchev–Trinajstić information content (AvgIpc) is 2.23. The van der Waals surface area contributed by atoms with Gasteiger partial charge in [0.1, 0.15) is 5.70 Å². The van der Waals surface area contributed by atoms with Crippen molar-refractivity contribution >= 4 is 0 Å². The van der Waals surface area contributed by atoms with E-state index in [1.54, 1.807) is 13.0 Å². The largest absolute Gasteiger partial charge is 0.430 e. The van der Waals surface area contributed by atoms with Crippen LogP contribution in [0.5, 0.6) is 0 Å². The molecule has 0 aliphatic carbocycles. The van der Waals surface area contributed by atoms with Crippen molar-refractivity contribution in [3.05, 3.63) is 23.9 Å². The lowest BCUT2D eigenvalue weighted by atomic mass is 10.2. The van der Waals surface area contributed by atoms with Gasteiger partial charge in [-0.15, -0.1) is 0 Å². The van der Waals surface area contributed by atoms with Crippen molar-refractivity contribution in [2.45, 2.75) is 46.8 Å². The number of allylic oxidation sites excluding steroid dienone is 3. The molecule has 0 radical (unpaired) electrons. The Bertz CT molecular complexity index is 204. The van der Waals surface area contributed by atoms with Crippen LogP contribution in [0.3, 0.4) is 0 Å². The molecular weight excluding hydrogens is 203 g/mol. The topological polar surface area (TPSA) is 12.0 Å². The number of nitrogens with one attached hydrogen (secondary N) is 1. The van der Waals surface area contributed by atoms with E-state index in [1.165, 1.54) is 6.08 Å². The van der Waals surface area contributed by atoms with Gasteiger partial charge in [-0.3, -0.25) is 0 Å². The lowest BCUT2D eigenvalue weighted by molar-refractivity contribution is -0.0974. The lowest BCUT2D eigenvalue weighted by Gasteiger charge is -2.19. The molecular formula is C11H20F3N. The molecule has 0 saturated carbocycles. The Morgan fingerprint density at radius 1 is 1.13 bits per heavy atom. The van der Waals surface area contributed by atoms with Crippen molar-refractivity contribution in [1.29, 1.82) is 0 Å². The van der Waals surface area contributed by atoms with Crippen molar-refractivity contribution in [3.8, 4) is 0 Å². The first-order valence-electron chi connectivity index (χ1n) is 5.22. The summed E-state index contributed by atoms with van der Waals surface area (Å²) >= 11 is 0. The highest BCUT2D eigenvalue weighted by Crippen LogP contribution is 2.25. The van der Waals surface area contributed by atoms with Gasteiger partial charge in [0.2, 0.25) is 0 Å². The van der Waals surface area contributed by atoms with Crippen molar-refractivity contribution in [3.63, 3.8) is 0 Å². The minimum absolute atomic E-state index is 0.239. The van der Waals surface area contributed by atoms with Gasteiger partial charge < -0.3 is 5.32 Å². The second-order valence-corrected chi connectivity index (χ2v) is 2.40. The van der Waals surface area contributed by atoms with Crippen LogP contribution in [0.15, 0.2) is 23.9 Å². The zero-order chi connectivity index (χ0) is 12.5. The highest BCUT2D eigenvalue weighted by atomic mass is 19.4. The summed E-state index contributed by atoms with van der Waals surface area (Å²) in [5.74, 6) is 0. The highest BCUT2D eigenvalue weighted by molar-refractivity contribution is 5.22. The summed E-state index contributed by atoms with van der Waals surface area (Å²) in [6, 6.07) is -0.239. The maximum Gasteiger partial charge on any atom is 0.430 e. The molecule has 1 nitrogen and oxygen atoms in total. The van der Waals surface area contributed by atoms with E-state index >= 15 is 0 Å². The minimum Gasteiger partial charge on any atom is -0.375 e. The Hall–Kier alpha value is -0.930. The standard InChI is InChI=1S/C7H8F3N.2C2H6/c1-5-3-2-4-6(11-5)7(8,9)10;2*1-2/h2-5,11H,1H3;2*1-2H3. The summed E-state index contributed by atoms with van der Waals surface area (Å²) in [6.45, 7) is 9.66. The number of hydrogen-bond donors (Lipinski definition) is 1. The van der Waals surface area contributed by atoms with Gasteiger partial charge in [-0.05, 0) is 13.0 Å². The Balaban J connectivity index is 0. The quantitative estimate of drug-likeness (QED) is 0.653. The first kappa shape index (κ1) is 16.5. The Kier molecular flexibility index (Phi) is 9.22. The minimum atomic E-state index is -4.25. The molecule has 1 atom stereocenters. The van der Waals surface area contributed by atoms with Crippen LogP contribution in [0.2, 0.25) is 0 Å². The van der Waals surface area contributed by atoms with Gasteiger partial charge >= 0.3 is 6.18 Å². The summed E-state index contributed by atoms with van der Waals surface area (Å²) in [7, 11) is 0. The predicted molar refractivity (Wildman–Crippen MR) is 58.6 cm³/mol. The zero-order valence-electron chi connectivity index (χ0n) is 9.94. The van der Waals surface area contributed by atoms with Crippen molar-refractivity contribution < 1.29 is 13.2 Å². The molecule has 0 spiro atoms. The second kappa shape index (κ2) is 8.38. The summed E-state index contributed by atoms with van der Waals surface area (Å²) in [5.41, 5.74) is -0.674. The Labute approximate surface area is 90.1 Å². The van der Waals surface area contributed by atoms with Crippen LogP contribution in [-0.4, -0.2) is 12.2 Å². The van der Waals surface area contributed by atoms with E-state index in [9.17, 15) is 13.2 Å². The molecule has 0 aromatic rings. The second-order valence-electron chi connectivity index (χ2n) is 2.40. The lowest BCUT2D eigenvalue weighted by Crippen LogP contribution is -2.33. The predicted octanol–water partition coefficient (Wildman–Crippen LogP) is 4.03. The van der Waals surface area contributed by atoms with E-state index in [2.05, 4.69) is 5.32 Å². The summed E-state index contributed by atoms with van der Waals surface area (Å²) in [4.78, 5) is 0. The summed E-state index contributed by atoms with van der Waals surface area (Å²) in [5, 5.41) is 2.31. The van der Waals surface area contributed by atoms with E-state index in [4.69, 9.17) is 0 Å². The highest BCUT2D eigenvalue weighted by Gasteiger charge is 2.34. The Morgan fingerprint density at radius 3 is 1.87 bits per heavy atom. The molecule has 0 amide bonds. The van der Waals surface area contributed by atoms with Crippen molar-refractivity contribution in [2.75, 3.05) is 0 Å². The molecule has 0 bridgehead atoms. The molecule has 1 rings (SSSR count). The third kappa shape index (κ3) is 7.05. The van der Waals surface area contributed by atoms with E-state index in [0.717, 1.165) is 6.08 Å². The van der Waals surface area contributed by atoms with E-state index in [1.807, 2.05) is 27.7 Å². The normalized spacial score (nSPS) is 18.7. The van der Waals surface area contributed by atoms with Gasteiger partial charge in [-0.2, -0.15) is 13.2 Å². The maximum absolute atomic E-state index is 11.9. The zero-order valence-corrected chi connectivity index (χ0v) is 9.94. The van der Waals surface area contributed by atoms with Crippen LogP contribution in [0, 0.1) is 0 Å². The first-order valence-corrected chi connectivity index (χ1v) is 5.22. The molecule has 0 saturated heterocycles. The van der Waals surface area contributed by atoms with E-state index in [0.29, 0.717) is 0 Å². The molecule has 90 valence electrons. The SMILES string of the molecule is CC.CC.CC1C=CC=C(C(F)(F)F)N1. The number of alkyl halides is 3. The summed E-state index contributed by atoms with van der Waals surface area (Å²) in [6.07, 6.45) is -0.155. The van der Waals surface area contributed by atoms with Gasteiger partial charge in [-0.1, -0.05) is 39.8 Å². The van der Waals surface area contributed by atoms with Crippen LogP contribution in [0.25, 0.3) is 0 Å². The van der Waals surface area contributed by atoms with E-state index < -0.39 is 11.9 Å². The van der Waals surface area contributed by atoms with Gasteiger partial charge in [0.15, 0.2) is 0 Å². The molecule has 0 aromatic carbocycles. The molecule has 4 heteroatoms. The molecule has 15 heavy (non-hydrogen) atoms. The molecule has 1 aliphatic rings. The molecule has 1 N–H and O–H groups in total. The van der Waals surface area contributed by atoms with Gasteiger partial charge in [0.05, 0.1) is 0 Å². The number of dihydropyridines is 1. The average molecular weight is 223 g/mol. The third-order valence-electron chi connectivity index (χ3n) is 1.35. The first-order chi connectivity index (χ1) is 7.00. The van der Waals surface area contributed by atoms with Gasteiger partial charge in [0.25, 0.3) is 0 Å². The fourth-order valence-electron chi connectivity index (χ4n) is 0.836. The fraction of sp³-hybridized carbons (Fsp3) is 0.636. The number of hydrogen-bond acceptors (Lipinski definition) is 1. The van der Waals surface area contributed by atoms with E-state index in [-0.39, 0.29) is 6.04 Å². The number of halogens is 3. The molecule has 1 unspecified atom stereocenters. The van der Waals surface area contributed by atoms with Crippen LogP contribution < -0.4 is 5.32 Å². The number of rotatable bonds is 0.